The molecular formula is C11H16FNO4S. The summed E-state index contributed by atoms with van der Waals surface area (Å²) in [7, 11) is -3.89. The van der Waals surface area contributed by atoms with Gasteiger partial charge in [-0.15, -0.1) is 0 Å². The van der Waals surface area contributed by atoms with Crippen molar-refractivity contribution in [2.45, 2.75) is 11.8 Å². The Morgan fingerprint density at radius 1 is 1.22 bits per heavy atom. The molecule has 0 unspecified atom stereocenters. The van der Waals surface area contributed by atoms with Crippen molar-refractivity contribution in [1.82, 2.24) is 4.31 Å². The van der Waals surface area contributed by atoms with E-state index in [0.29, 0.717) is 5.56 Å². The van der Waals surface area contributed by atoms with Crippen molar-refractivity contribution in [3.8, 4) is 0 Å². The van der Waals surface area contributed by atoms with Gasteiger partial charge in [-0.05, 0) is 24.6 Å². The van der Waals surface area contributed by atoms with Crippen LogP contribution in [0.1, 0.15) is 5.56 Å². The van der Waals surface area contributed by atoms with E-state index >= 15 is 0 Å². The lowest BCUT2D eigenvalue weighted by Gasteiger charge is -2.20. The zero-order chi connectivity index (χ0) is 13.8. The average Bonchev–Trinajstić information content (AvgIpc) is 2.32. The second-order valence-corrected chi connectivity index (χ2v) is 5.70. The normalized spacial score (nSPS) is 12.1. The first-order valence-electron chi connectivity index (χ1n) is 5.41. The molecule has 0 aliphatic carbocycles. The third-order valence-corrected chi connectivity index (χ3v) is 4.37. The smallest absolute Gasteiger partial charge is 0.243 e. The summed E-state index contributed by atoms with van der Waals surface area (Å²) in [5.74, 6) is -0.607. The van der Waals surface area contributed by atoms with E-state index in [0.717, 1.165) is 10.4 Å². The van der Waals surface area contributed by atoms with Gasteiger partial charge in [0.05, 0.1) is 18.1 Å². The van der Waals surface area contributed by atoms with Gasteiger partial charge in [0.2, 0.25) is 10.0 Å². The molecule has 2 N–H and O–H groups in total. The highest BCUT2D eigenvalue weighted by atomic mass is 32.2. The van der Waals surface area contributed by atoms with Gasteiger partial charge < -0.3 is 10.2 Å². The Morgan fingerprint density at radius 3 is 2.22 bits per heavy atom. The van der Waals surface area contributed by atoms with Gasteiger partial charge in [0, 0.05) is 13.1 Å². The van der Waals surface area contributed by atoms with Gasteiger partial charge in [0.25, 0.3) is 0 Å². The molecule has 0 fully saturated rings. The minimum absolute atomic E-state index is 0.140. The number of hydrogen-bond donors (Lipinski definition) is 2. The molecule has 102 valence electrons. The van der Waals surface area contributed by atoms with Crippen molar-refractivity contribution in [3.05, 3.63) is 29.6 Å². The average molecular weight is 277 g/mol. The maximum absolute atomic E-state index is 13.4. The molecule has 1 rings (SSSR count). The number of aliphatic hydroxyl groups excluding tert-OH is 2. The highest BCUT2D eigenvalue weighted by Gasteiger charge is 2.24. The van der Waals surface area contributed by atoms with E-state index in [1.54, 1.807) is 0 Å². The van der Waals surface area contributed by atoms with E-state index in [9.17, 15) is 12.8 Å². The molecule has 0 heterocycles. The Hall–Kier alpha value is -1.02. The molecule has 0 radical (unpaired) electrons. The molecule has 0 amide bonds. The van der Waals surface area contributed by atoms with Crippen molar-refractivity contribution in [3.63, 3.8) is 0 Å². The Bertz CT molecular complexity index is 498. The summed E-state index contributed by atoms with van der Waals surface area (Å²) in [6.45, 7) is 0.517. The van der Waals surface area contributed by atoms with Crippen LogP contribution in [0.3, 0.4) is 0 Å². The third kappa shape index (κ3) is 3.26. The lowest BCUT2D eigenvalue weighted by molar-refractivity contribution is 0.217. The summed E-state index contributed by atoms with van der Waals surface area (Å²) in [6.07, 6.45) is 0. The Balaban J connectivity index is 3.13. The van der Waals surface area contributed by atoms with Gasteiger partial charge >= 0.3 is 0 Å². The first-order chi connectivity index (χ1) is 8.43. The predicted molar refractivity (Wildman–Crippen MR) is 64.1 cm³/mol. The number of hydrogen-bond acceptors (Lipinski definition) is 4. The summed E-state index contributed by atoms with van der Waals surface area (Å²) < 4.78 is 38.5. The minimum Gasteiger partial charge on any atom is -0.395 e. The van der Waals surface area contributed by atoms with E-state index in [1.165, 1.54) is 19.1 Å². The molecule has 0 bridgehead atoms. The van der Waals surface area contributed by atoms with E-state index in [1.807, 2.05) is 0 Å². The SMILES string of the molecule is Cc1ccc(S(=O)(=O)N(CCO)CCO)cc1F. The zero-order valence-electron chi connectivity index (χ0n) is 10.0. The molecule has 0 aromatic heterocycles. The topological polar surface area (TPSA) is 77.8 Å². The molecule has 1 aromatic carbocycles. The van der Waals surface area contributed by atoms with Crippen LogP contribution in [0.2, 0.25) is 0 Å². The largest absolute Gasteiger partial charge is 0.395 e. The maximum Gasteiger partial charge on any atom is 0.243 e. The lowest BCUT2D eigenvalue weighted by atomic mass is 10.2. The fourth-order valence-electron chi connectivity index (χ4n) is 1.46. The molecule has 0 saturated heterocycles. The molecule has 0 atom stereocenters. The molecule has 0 aliphatic rings. The first-order valence-corrected chi connectivity index (χ1v) is 6.85. The maximum atomic E-state index is 13.4. The van der Waals surface area contributed by atoms with Crippen LogP contribution in [0.5, 0.6) is 0 Å². The van der Waals surface area contributed by atoms with Crippen molar-refractivity contribution in [1.29, 1.82) is 0 Å². The second kappa shape index (κ2) is 6.24. The van der Waals surface area contributed by atoms with Gasteiger partial charge in [0.1, 0.15) is 5.82 Å². The summed E-state index contributed by atoms with van der Waals surface area (Å²) in [5, 5.41) is 17.6. The van der Waals surface area contributed by atoms with E-state index in [-0.39, 0.29) is 31.2 Å². The van der Waals surface area contributed by atoms with Crippen molar-refractivity contribution >= 4 is 10.0 Å². The molecule has 7 heteroatoms. The molecule has 1 aromatic rings. The van der Waals surface area contributed by atoms with Crippen LogP contribution in [0, 0.1) is 12.7 Å². The number of nitrogens with zero attached hydrogens (tertiary/aromatic N) is 1. The summed E-state index contributed by atoms with van der Waals surface area (Å²) in [6, 6.07) is 3.61. The van der Waals surface area contributed by atoms with Gasteiger partial charge in [-0.3, -0.25) is 0 Å². The second-order valence-electron chi connectivity index (χ2n) is 3.76. The molecule has 0 aliphatic heterocycles. The lowest BCUT2D eigenvalue weighted by Crippen LogP contribution is -2.35. The van der Waals surface area contributed by atoms with Crippen LogP contribution in [0.25, 0.3) is 0 Å². The number of halogens is 1. The highest BCUT2D eigenvalue weighted by Crippen LogP contribution is 2.18. The standard InChI is InChI=1S/C11H16FNO4S/c1-9-2-3-10(8-11(9)12)18(16,17)13(4-6-14)5-7-15/h2-3,8,14-15H,4-7H2,1H3. The minimum atomic E-state index is -3.89. The van der Waals surface area contributed by atoms with Crippen LogP contribution in [0.4, 0.5) is 4.39 Å². The number of benzene rings is 1. The molecular weight excluding hydrogens is 261 g/mol. The number of rotatable bonds is 6. The molecule has 5 nitrogen and oxygen atoms in total. The third-order valence-electron chi connectivity index (χ3n) is 2.48. The van der Waals surface area contributed by atoms with Crippen molar-refractivity contribution in [2.24, 2.45) is 0 Å². The molecule has 0 spiro atoms. The monoisotopic (exact) mass is 277 g/mol. The summed E-state index contributed by atoms with van der Waals surface area (Å²) in [5.41, 5.74) is 0.352. The van der Waals surface area contributed by atoms with Crippen LogP contribution in [-0.2, 0) is 10.0 Å². The quantitative estimate of drug-likeness (QED) is 0.773. The molecule has 18 heavy (non-hydrogen) atoms. The van der Waals surface area contributed by atoms with E-state index in [2.05, 4.69) is 0 Å². The number of aryl methyl sites for hydroxylation is 1. The highest BCUT2D eigenvalue weighted by molar-refractivity contribution is 7.89. The van der Waals surface area contributed by atoms with Gasteiger partial charge in [-0.25, -0.2) is 12.8 Å². The fraction of sp³-hybridized carbons (Fsp3) is 0.455. The Labute approximate surface area is 106 Å². The predicted octanol–water partition coefficient (Wildman–Crippen LogP) is 0.109. The van der Waals surface area contributed by atoms with Crippen LogP contribution >= 0.6 is 0 Å². The summed E-state index contributed by atoms with van der Waals surface area (Å²) >= 11 is 0. The van der Waals surface area contributed by atoms with E-state index < -0.39 is 15.8 Å². The fourth-order valence-corrected chi connectivity index (χ4v) is 2.89. The number of sulfonamides is 1. The van der Waals surface area contributed by atoms with Crippen molar-refractivity contribution in [2.75, 3.05) is 26.3 Å². The van der Waals surface area contributed by atoms with Crippen molar-refractivity contribution < 1.29 is 23.0 Å². The zero-order valence-corrected chi connectivity index (χ0v) is 10.8. The van der Waals surface area contributed by atoms with Crippen LogP contribution in [-0.4, -0.2) is 49.2 Å². The van der Waals surface area contributed by atoms with Gasteiger partial charge in [-0.1, -0.05) is 6.07 Å². The van der Waals surface area contributed by atoms with E-state index in [4.69, 9.17) is 10.2 Å². The van der Waals surface area contributed by atoms with Crippen LogP contribution in [0.15, 0.2) is 23.1 Å². The van der Waals surface area contributed by atoms with Gasteiger partial charge in [0.15, 0.2) is 0 Å². The van der Waals surface area contributed by atoms with Crippen LogP contribution < -0.4 is 0 Å². The Morgan fingerprint density at radius 2 is 1.78 bits per heavy atom. The summed E-state index contributed by atoms with van der Waals surface area (Å²) in [4.78, 5) is -0.187. The molecule has 0 saturated carbocycles. The van der Waals surface area contributed by atoms with Gasteiger partial charge in [-0.2, -0.15) is 4.31 Å². The number of aliphatic hydroxyl groups is 2. The Kier molecular flexibility index (Phi) is 5.21. The first kappa shape index (κ1) is 15.0.